The summed E-state index contributed by atoms with van der Waals surface area (Å²) in [5.41, 5.74) is 5.95. The first-order chi connectivity index (χ1) is 8.70. The molecule has 0 unspecified atom stereocenters. The van der Waals surface area contributed by atoms with Crippen LogP contribution in [-0.4, -0.2) is 60.6 Å². The number of urea groups is 1. The van der Waals surface area contributed by atoms with Gasteiger partial charge < -0.3 is 16.0 Å². The molecule has 2 aliphatic rings. The van der Waals surface area contributed by atoms with Gasteiger partial charge in [-0.1, -0.05) is 6.92 Å². The van der Waals surface area contributed by atoms with Crippen LogP contribution in [-0.2, 0) is 0 Å². The second kappa shape index (κ2) is 6.38. The number of amides is 2. The van der Waals surface area contributed by atoms with E-state index in [-0.39, 0.29) is 6.03 Å². The van der Waals surface area contributed by atoms with E-state index in [9.17, 15) is 4.79 Å². The van der Waals surface area contributed by atoms with Gasteiger partial charge in [0, 0.05) is 38.3 Å². The van der Waals surface area contributed by atoms with Crippen LogP contribution in [0.2, 0.25) is 0 Å². The van der Waals surface area contributed by atoms with E-state index in [1.165, 1.54) is 12.8 Å². The third-order valence-electron chi connectivity index (χ3n) is 4.27. The van der Waals surface area contributed by atoms with E-state index in [4.69, 9.17) is 5.73 Å². The molecule has 1 aliphatic carbocycles. The van der Waals surface area contributed by atoms with Crippen molar-refractivity contribution in [1.82, 2.24) is 15.1 Å². The monoisotopic (exact) mass is 254 g/mol. The lowest BCUT2D eigenvalue weighted by atomic mass is 9.91. The molecule has 2 amide bonds. The van der Waals surface area contributed by atoms with Crippen LogP contribution in [0.1, 0.15) is 32.6 Å². The summed E-state index contributed by atoms with van der Waals surface area (Å²) in [5, 5.41) is 2.85. The molecule has 0 bridgehead atoms. The zero-order valence-corrected chi connectivity index (χ0v) is 11.4. The number of hydrogen-bond acceptors (Lipinski definition) is 3. The number of carbonyl (C=O) groups is 1. The second-order valence-corrected chi connectivity index (χ2v) is 5.42. The van der Waals surface area contributed by atoms with Crippen LogP contribution in [0.25, 0.3) is 0 Å². The summed E-state index contributed by atoms with van der Waals surface area (Å²) in [5.74, 6) is 0. The van der Waals surface area contributed by atoms with Gasteiger partial charge >= 0.3 is 6.03 Å². The smallest absolute Gasteiger partial charge is 0.317 e. The number of carbonyl (C=O) groups excluding carboxylic acids is 1. The fraction of sp³-hybridized carbons (Fsp3) is 0.923. The average molecular weight is 254 g/mol. The molecule has 5 nitrogen and oxygen atoms in total. The Bertz CT molecular complexity index is 276. The van der Waals surface area contributed by atoms with Crippen LogP contribution in [0.4, 0.5) is 4.79 Å². The molecule has 5 heteroatoms. The Balaban J connectivity index is 1.76. The molecule has 0 spiro atoms. The minimum atomic E-state index is 0.0942. The fourth-order valence-corrected chi connectivity index (χ4v) is 3.04. The quantitative estimate of drug-likeness (QED) is 0.755. The second-order valence-electron chi connectivity index (χ2n) is 5.42. The van der Waals surface area contributed by atoms with E-state index in [0.29, 0.717) is 12.1 Å². The largest absolute Gasteiger partial charge is 0.336 e. The Morgan fingerprint density at radius 1 is 1.39 bits per heavy atom. The number of nitrogens with one attached hydrogen (secondary N) is 1. The van der Waals surface area contributed by atoms with E-state index in [1.807, 2.05) is 4.90 Å². The van der Waals surface area contributed by atoms with Gasteiger partial charge in [0.2, 0.25) is 0 Å². The topological polar surface area (TPSA) is 61.6 Å². The van der Waals surface area contributed by atoms with Gasteiger partial charge in [-0.2, -0.15) is 0 Å². The number of nitrogens with zero attached hydrogens (tertiary/aromatic N) is 2. The zero-order chi connectivity index (χ0) is 13.0. The first-order valence-electron chi connectivity index (χ1n) is 7.23. The molecule has 0 aromatic carbocycles. The Hall–Kier alpha value is -0.810. The van der Waals surface area contributed by atoms with Gasteiger partial charge in [0.1, 0.15) is 0 Å². The van der Waals surface area contributed by atoms with Crippen molar-refractivity contribution in [3.8, 4) is 0 Å². The van der Waals surface area contributed by atoms with Crippen molar-refractivity contribution in [3.63, 3.8) is 0 Å². The molecule has 0 atom stereocenters. The lowest BCUT2D eigenvalue weighted by Crippen LogP contribution is -2.44. The molecule has 0 aromatic heterocycles. The molecular weight excluding hydrogens is 228 g/mol. The third kappa shape index (κ3) is 3.36. The summed E-state index contributed by atoms with van der Waals surface area (Å²) in [6.07, 6.45) is 4.71. The summed E-state index contributed by atoms with van der Waals surface area (Å²) < 4.78 is 0. The predicted molar refractivity (Wildman–Crippen MR) is 72.5 cm³/mol. The van der Waals surface area contributed by atoms with Crippen molar-refractivity contribution in [2.75, 3.05) is 32.7 Å². The van der Waals surface area contributed by atoms with E-state index < -0.39 is 0 Å². The molecule has 1 saturated heterocycles. The predicted octanol–water partition coefficient (Wildman–Crippen LogP) is 0.603. The van der Waals surface area contributed by atoms with Gasteiger partial charge in [0.25, 0.3) is 0 Å². The van der Waals surface area contributed by atoms with Crippen molar-refractivity contribution < 1.29 is 4.79 Å². The zero-order valence-electron chi connectivity index (χ0n) is 11.4. The molecule has 0 radical (unpaired) electrons. The maximum atomic E-state index is 11.5. The average Bonchev–Trinajstić information content (AvgIpc) is 2.78. The fourth-order valence-electron chi connectivity index (χ4n) is 3.04. The third-order valence-corrected chi connectivity index (χ3v) is 4.27. The van der Waals surface area contributed by atoms with Gasteiger partial charge in [0.05, 0.1) is 0 Å². The summed E-state index contributed by atoms with van der Waals surface area (Å²) in [6, 6.07) is 1.17. The van der Waals surface area contributed by atoms with Crippen LogP contribution in [0.5, 0.6) is 0 Å². The van der Waals surface area contributed by atoms with Crippen LogP contribution in [0.3, 0.4) is 0 Å². The lowest BCUT2D eigenvalue weighted by molar-refractivity contribution is 0.142. The first-order valence-corrected chi connectivity index (χ1v) is 7.23. The molecule has 0 aromatic rings. The molecule has 2 rings (SSSR count). The van der Waals surface area contributed by atoms with Crippen LogP contribution < -0.4 is 11.1 Å². The number of hydrogen-bond donors (Lipinski definition) is 2. The Labute approximate surface area is 110 Å². The van der Waals surface area contributed by atoms with E-state index in [2.05, 4.69) is 17.1 Å². The number of likely N-dealkylation sites (N-methyl/N-ethyl adjacent to an activating group) is 1. The van der Waals surface area contributed by atoms with Crippen LogP contribution in [0.15, 0.2) is 0 Å². The highest BCUT2D eigenvalue weighted by Crippen LogP contribution is 2.21. The maximum Gasteiger partial charge on any atom is 0.317 e. The highest BCUT2D eigenvalue weighted by molar-refractivity contribution is 5.76. The van der Waals surface area contributed by atoms with E-state index >= 15 is 0 Å². The molecule has 2 fully saturated rings. The lowest BCUT2D eigenvalue weighted by Gasteiger charge is -2.36. The van der Waals surface area contributed by atoms with Crippen molar-refractivity contribution in [2.45, 2.75) is 44.7 Å². The standard InChI is InChI=1S/C13H26N4O/c1-2-16(12-5-3-11(14)4-6-12)9-10-17-8-7-15-13(17)18/h11-12H,2-10,14H2,1H3,(H,15,18). The summed E-state index contributed by atoms with van der Waals surface area (Å²) in [7, 11) is 0. The first kappa shape index (κ1) is 13.6. The highest BCUT2D eigenvalue weighted by atomic mass is 16.2. The van der Waals surface area contributed by atoms with Crippen molar-refractivity contribution >= 4 is 6.03 Å². The number of nitrogens with two attached hydrogens (primary N) is 1. The van der Waals surface area contributed by atoms with Crippen molar-refractivity contribution in [3.05, 3.63) is 0 Å². The van der Waals surface area contributed by atoms with E-state index in [0.717, 1.165) is 45.6 Å². The Kier molecular flexibility index (Phi) is 4.83. The summed E-state index contributed by atoms with van der Waals surface area (Å²) >= 11 is 0. The molecule has 1 heterocycles. The molecule has 104 valence electrons. The van der Waals surface area contributed by atoms with Crippen molar-refractivity contribution in [1.29, 1.82) is 0 Å². The normalized spacial score (nSPS) is 28.8. The molecule has 1 saturated carbocycles. The van der Waals surface area contributed by atoms with Crippen molar-refractivity contribution in [2.24, 2.45) is 5.73 Å². The van der Waals surface area contributed by atoms with Crippen LogP contribution >= 0.6 is 0 Å². The number of rotatable bonds is 5. The molecule has 1 aliphatic heterocycles. The summed E-state index contributed by atoms with van der Waals surface area (Å²) in [6.45, 7) is 6.76. The summed E-state index contributed by atoms with van der Waals surface area (Å²) in [4.78, 5) is 15.9. The molecule has 3 N–H and O–H groups in total. The van der Waals surface area contributed by atoms with Gasteiger partial charge in [-0.05, 0) is 32.2 Å². The van der Waals surface area contributed by atoms with Gasteiger partial charge in [-0.25, -0.2) is 4.79 Å². The molecular formula is C13H26N4O. The highest BCUT2D eigenvalue weighted by Gasteiger charge is 2.25. The SMILES string of the molecule is CCN(CCN1CCNC1=O)C1CCC(N)CC1. The Morgan fingerprint density at radius 2 is 2.11 bits per heavy atom. The van der Waals surface area contributed by atoms with Gasteiger partial charge in [-0.15, -0.1) is 0 Å². The van der Waals surface area contributed by atoms with Gasteiger partial charge in [-0.3, -0.25) is 4.90 Å². The Morgan fingerprint density at radius 3 is 2.67 bits per heavy atom. The minimum absolute atomic E-state index is 0.0942. The molecule has 18 heavy (non-hydrogen) atoms. The van der Waals surface area contributed by atoms with Crippen LogP contribution in [0, 0.1) is 0 Å². The van der Waals surface area contributed by atoms with Gasteiger partial charge in [0.15, 0.2) is 0 Å². The maximum absolute atomic E-state index is 11.5. The van der Waals surface area contributed by atoms with E-state index in [1.54, 1.807) is 0 Å². The minimum Gasteiger partial charge on any atom is -0.336 e.